The second-order valence-electron chi connectivity index (χ2n) is 5.11. The summed E-state index contributed by atoms with van der Waals surface area (Å²) in [4.78, 5) is 26.4. The Labute approximate surface area is 146 Å². The van der Waals surface area contributed by atoms with Crippen LogP contribution in [0.25, 0.3) is 5.52 Å². The van der Waals surface area contributed by atoms with Crippen LogP contribution in [0.3, 0.4) is 0 Å². The number of hydrogen-bond donors (Lipinski definition) is 1. The van der Waals surface area contributed by atoms with E-state index in [1.807, 2.05) is 0 Å². The van der Waals surface area contributed by atoms with E-state index in [0.717, 1.165) is 0 Å². The van der Waals surface area contributed by atoms with Gasteiger partial charge in [-0.1, -0.05) is 11.6 Å². The van der Waals surface area contributed by atoms with Gasteiger partial charge in [-0.25, -0.2) is 14.3 Å². The summed E-state index contributed by atoms with van der Waals surface area (Å²) < 4.78 is 6.24. The monoisotopic (exact) mass is 361 g/mol. The number of rotatable bonds is 4. The van der Waals surface area contributed by atoms with Crippen molar-refractivity contribution in [1.29, 1.82) is 0 Å². The molecule has 10 heteroatoms. The van der Waals surface area contributed by atoms with Crippen molar-refractivity contribution in [2.45, 2.75) is 6.92 Å². The van der Waals surface area contributed by atoms with Gasteiger partial charge in [0.25, 0.3) is 5.69 Å². The molecule has 2 heterocycles. The second-order valence-corrected chi connectivity index (χ2v) is 5.52. The quantitative estimate of drug-likeness (QED) is 0.431. The fraction of sp³-hybridized carbons (Fsp3) is 0.133. The normalized spacial score (nSPS) is 10.7. The molecule has 0 radical (unpaired) electrons. The number of aryl methyl sites for hydroxylation is 1. The maximum Gasteiger partial charge on any atom is 0.339 e. The lowest BCUT2D eigenvalue weighted by Gasteiger charge is -2.08. The summed E-state index contributed by atoms with van der Waals surface area (Å²) in [5.41, 5.74) is 1.74. The number of halogens is 1. The van der Waals surface area contributed by atoms with E-state index >= 15 is 0 Å². The van der Waals surface area contributed by atoms with E-state index in [0.29, 0.717) is 28.1 Å². The molecule has 3 rings (SSSR count). The van der Waals surface area contributed by atoms with E-state index < -0.39 is 10.9 Å². The molecule has 2 aromatic heterocycles. The van der Waals surface area contributed by atoms with Gasteiger partial charge >= 0.3 is 5.97 Å². The van der Waals surface area contributed by atoms with Crippen LogP contribution in [0.4, 0.5) is 17.2 Å². The maximum absolute atomic E-state index is 11.8. The van der Waals surface area contributed by atoms with Gasteiger partial charge in [-0.3, -0.25) is 10.1 Å². The molecule has 0 aliphatic rings. The molecule has 128 valence electrons. The highest BCUT2D eigenvalue weighted by Gasteiger charge is 2.19. The number of ether oxygens (including phenoxy) is 1. The van der Waals surface area contributed by atoms with Crippen LogP contribution in [0.1, 0.15) is 15.9 Å². The minimum atomic E-state index is -0.568. The molecule has 9 nitrogen and oxygen atoms in total. The first-order valence-electron chi connectivity index (χ1n) is 7.04. The smallest absolute Gasteiger partial charge is 0.339 e. The van der Waals surface area contributed by atoms with Crippen molar-refractivity contribution in [3.8, 4) is 0 Å². The van der Waals surface area contributed by atoms with Crippen LogP contribution in [0.5, 0.6) is 0 Å². The third-order valence-electron chi connectivity index (χ3n) is 3.64. The van der Waals surface area contributed by atoms with Gasteiger partial charge in [0, 0.05) is 18.0 Å². The highest BCUT2D eigenvalue weighted by atomic mass is 35.5. The molecule has 1 aromatic carbocycles. The van der Waals surface area contributed by atoms with Gasteiger partial charge in [0.1, 0.15) is 16.9 Å². The Bertz CT molecular complexity index is 1000. The number of nitrogens with one attached hydrogen (secondary N) is 1. The number of esters is 1. The molecule has 0 atom stereocenters. The third-order valence-corrected chi connectivity index (χ3v) is 3.96. The van der Waals surface area contributed by atoms with Gasteiger partial charge in [0.15, 0.2) is 5.82 Å². The number of nitro groups is 1. The van der Waals surface area contributed by atoms with Gasteiger partial charge in [0.05, 0.1) is 17.6 Å². The summed E-state index contributed by atoms with van der Waals surface area (Å²) >= 11 is 5.82. The Morgan fingerprint density at radius 2 is 2.20 bits per heavy atom. The molecule has 0 saturated heterocycles. The molecule has 3 aromatic rings. The van der Waals surface area contributed by atoms with Crippen molar-refractivity contribution < 1.29 is 14.5 Å². The highest BCUT2D eigenvalue weighted by molar-refractivity contribution is 6.32. The van der Waals surface area contributed by atoms with Gasteiger partial charge in [-0.15, -0.1) is 0 Å². The largest absolute Gasteiger partial charge is 0.465 e. The van der Waals surface area contributed by atoms with Crippen molar-refractivity contribution in [3.63, 3.8) is 0 Å². The zero-order valence-electron chi connectivity index (χ0n) is 13.2. The Kier molecular flexibility index (Phi) is 4.24. The number of methoxy groups -OCH3 is 1. The van der Waals surface area contributed by atoms with Crippen molar-refractivity contribution >= 4 is 40.3 Å². The summed E-state index contributed by atoms with van der Waals surface area (Å²) in [5, 5.41) is 18.1. The average molecular weight is 362 g/mol. The number of hydrogen-bond acceptors (Lipinski definition) is 7. The second kappa shape index (κ2) is 6.36. The SMILES string of the molecule is COC(=O)c1cn2ncnc(Nc3ccc(Cl)c([N+](=O)[O-])c3)c2c1C. The first-order chi connectivity index (χ1) is 11.9. The zero-order chi connectivity index (χ0) is 18.1. The maximum atomic E-state index is 11.8. The van der Waals surface area contributed by atoms with Gasteiger partial charge in [-0.2, -0.15) is 5.10 Å². The molecule has 0 amide bonds. The number of fused-ring (bicyclic) bond motifs is 1. The van der Waals surface area contributed by atoms with E-state index in [2.05, 4.69) is 15.4 Å². The zero-order valence-corrected chi connectivity index (χ0v) is 13.9. The molecule has 0 spiro atoms. The van der Waals surface area contributed by atoms with Crippen LogP contribution in [-0.4, -0.2) is 32.6 Å². The highest BCUT2D eigenvalue weighted by Crippen LogP contribution is 2.30. The van der Waals surface area contributed by atoms with Crippen LogP contribution in [0, 0.1) is 17.0 Å². The van der Waals surface area contributed by atoms with Gasteiger partial charge in [-0.05, 0) is 24.6 Å². The van der Waals surface area contributed by atoms with Crippen LogP contribution >= 0.6 is 11.6 Å². The summed E-state index contributed by atoms with van der Waals surface area (Å²) in [6.07, 6.45) is 2.84. The number of benzene rings is 1. The lowest BCUT2D eigenvalue weighted by atomic mass is 10.2. The lowest BCUT2D eigenvalue weighted by Crippen LogP contribution is -2.01. The Balaban J connectivity index is 2.08. The fourth-order valence-electron chi connectivity index (χ4n) is 2.43. The van der Waals surface area contributed by atoms with E-state index in [9.17, 15) is 14.9 Å². The molecule has 0 saturated carbocycles. The fourth-order valence-corrected chi connectivity index (χ4v) is 2.62. The van der Waals surface area contributed by atoms with E-state index in [4.69, 9.17) is 16.3 Å². The number of nitro benzene ring substituents is 1. The van der Waals surface area contributed by atoms with Gasteiger partial charge < -0.3 is 10.1 Å². The average Bonchev–Trinajstić information content (AvgIpc) is 2.93. The topological polar surface area (TPSA) is 112 Å². The summed E-state index contributed by atoms with van der Waals surface area (Å²) in [7, 11) is 1.29. The molecule has 0 aliphatic carbocycles. The molecule has 0 aliphatic heterocycles. The molecule has 0 fully saturated rings. The molecular weight excluding hydrogens is 350 g/mol. The van der Waals surface area contributed by atoms with Crippen LogP contribution < -0.4 is 5.32 Å². The Morgan fingerprint density at radius 3 is 2.88 bits per heavy atom. The van der Waals surface area contributed by atoms with Crippen molar-refractivity contribution in [3.05, 3.63) is 57.0 Å². The standard InChI is InChI=1S/C15H12ClN5O4/c1-8-10(15(22)25-2)6-20-13(8)14(17-7-18-20)19-9-3-4-11(16)12(5-9)21(23)24/h3-7H,1-2H3,(H,17,18,19). The van der Waals surface area contributed by atoms with Crippen LogP contribution in [0.15, 0.2) is 30.7 Å². The first kappa shape index (κ1) is 16.7. The lowest BCUT2D eigenvalue weighted by molar-refractivity contribution is -0.384. The summed E-state index contributed by atoms with van der Waals surface area (Å²) in [6.45, 7) is 1.74. The van der Waals surface area contributed by atoms with E-state index in [1.54, 1.807) is 13.0 Å². The van der Waals surface area contributed by atoms with Gasteiger partial charge in [0.2, 0.25) is 0 Å². The van der Waals surface area contributed by atoms with Crippen LogP contribution in [0.2, 0.25) is 5.02 Å². The van der Waals surface area contributed by atoms with E-state index in [1.165, 1.54) is 36.3 Å². The third kappa shape index (κ3) is 2.96. The first-order valence-corrected chi connectivity index (χ1v) is 7.42. The molecule has 25 heavy (non-hydrogen) atoms. The van der Waals surface area contributed by atoms with Crippen molar-refractivity contribution in [2.24, 2.45) is 0 Å². The van der Waals surface area contributed by atoms with Crippen molar-refractivity contribution in [2.75, 3.05) is 12.4 Å². The molecule has 0 bridgehead atoms. The Hall–Kier alpha value is -3.20. The predicted molar refractivity (Wildman–Crippen MR) is 90.5 cm³/mol. The number of nitrogens with zero attached hydrogens (tertiary/aromatic N) is 4. The molecule has 0 unspecified atom stereocenters. The molecule has 1 N–H and O–H groups in total. The molecular formula is C15H12ClN5O4. The number of anilines is 2. The minimum absolute atomic E-state index is 0.0372. The van der Waals surface area contributed by atoms with Crippen molar-refractivity contribution in [1.82, 2.24) is 14.6 Å². The predicted octanol–water partition coefficient (Wildman–Crippen LogP) is 3.13. The van der Waals surface area contributed by atoms with E-state index in [-0.39, 0.29) is 10.7 Å². The van der Waals surface area contributed by atoms with Crippen LogP contribution in [-0.2, 0) is 4.74 Å². The number of carbonyl (C=O) groups is 1. The summed E-state index contributed by atoms with van der Waals surface area (Å²) in [6, 6.07) is 4.32. The number of aromatic nitrogens is 3. The Morgan fingerprint density at radius 1 is 1.44 bits per heavy atom. The number of carbonyl (C=O) groups excluding carboxylic acids is 1. The minimum Gasteiger partial charge on any atom is -0.465 e. The summed E-state index contributed by atoms with van der Waals surface area (Å²) in [5.74, 6) is -0.102.